The molecule has 37 heavy (non-hydrogen) atoms. The minimum absolute atomic E-state index is 0.0605. The Hall–Kier alpha value is -2.50. The molecule has 0 aliphatic rings. The fraction of sp³-hybridized carbons (Fsp3) is 0.611. The van der Waals surface area contributed by atoms with Gasteiger partial charge in [-0.2, -0.15) is 74.6 Å². The summed E-state index contributed by atoms with van der Waals surface area (Å²) >= 11 is 0. The molecule has 0 heterocycles. The summed E-state index contributed by atoms with van der Waals surface area (Å²) in [6, 6.07) is 1.95. The van der Waals surface area contributed by atoms with Gasteiger partial charge in [0.1, 0.15) is 5.75 Å². The first kappa shape index (κ1) is 32.5. The number of hydrogen-bond donors (Lipinski definition) is 0. The van der Waals surface area contributed by atoms with E-state index in [0.717, 1.165) is 6.92 Å². The van der Waals surface area contributed by atoms with Gasteiger partial charge in [0.25, 0.3) is 0 Å². The lowest BCUT2D eigenvalue weighted by Gasteiger charge is -2.42. The maximum atomic E-state index is 13.9. The molecule has 0 atom stereocenters. The van der Waals surface area contributed by atoms with Gasteiger partial charge in [0.2, 0.25) is 0 Å². The predicted molar refractivity (Wildman–Crippen MR) is 87.0 cm³/mol. The number of aryl methyl sites for hydroxylation is 2. The molecule has 2 nitrogen and oxygen atoms in total. The molecule has 0 fully saturated rings. The number of halogens is 17. The van der Waals surface area contributed by atoms with Gasteiger partial charge in [-0.1, -0.05) is 6.07 Å². The number of benzene rings is 1. The highest BCUT2D eigenvalue weighted by Crippen LogP contribution is 2.64. The van der Waals surface area contributed by atoms with Gasteiger partial charge in [-0.25, -0.2) is 4.79 Å². The number of alkyl halides is 17. The van der Waals surface area contributed by atoms with E-state index < -0.39 is 59.4 Å². The van der Waals surface area contributed by atoms with Crippen LogP contribution in [0.5, 0.6) is 5.75 Å². The number of carbonyl (C=O) groups excluding carboxylic acids is 1. The molecule has 0 aliphatic heterocycles. The molecule has 0 N–H and O–H groups in total. The highest BCUT2D eigenvalue weighted by atomic mass is 19.4. The normalized spacial score (nSPS) is 15.1. The van der Waals surface area contributed by atoms with Crippen molar-refractivity contribution in [3.05, 3.63) is 28.8 Å². The first-order chi connectivity index (χ1) is 16.0. The molecular formula is C18H11F17O2. The van der Waals surface area contributed by atoms with E-state index >= 15 is 0 Å². The number of rotatable bonds is 8. The second-order valence-corrected chi connectivity index (χ2v) is 7.61. The molecule has 0 amide bonds. The maximum absolute atomic E-state index is 13.9. The summed E-state index contributed by atoms with van der Waals surface area (Å²) in [5, 5.41) is 0. The largest absolute Gasteiger partial charge is 0.460 e. The van der Waals surface area contributed by atoms with Crippen LogP contribution in [0.15, 0.2) is 12.1 Å². The molecule has 19 heteroatoms. The Bertz CT molecular complexity index is 1040. The monoisotopic (exact) mass is 582 g/mol. The first-order valence-electron chi connectivity index (χ1n) is 8.98. The highest BCUT2D eigenvalue weighted by Gasteiger charge is 2.96. The van der Waals surface area contributed by atoms with Crippen LogP contribution in [0.1, 0.15) is 16.7 Å². The van der Waals surface area contributed by atoms with Crippen LogP contribution in [-0.4, -0.2) is 53.6 Å². The lowest BCUT2D eigenvalue weighted by Crippen LogP contribution is -2.75. The van der Waals surface area contributed by atoms with E-state index in [1.165, 1.54) is 19.9 Å². The van der Waals surface area contributed by atoms with Crippen molar-refractivity contribution in [3.63, 3.8) is 0 Å². The topological polar surface area (TPSA) is 26.3 Å². The molecule has 0 bridgehead atoms. The summed E-state index contributed by atoms with van der Waals surface area (Å²) in [5.41, 5.74) is -0.136. The SMILES string of the molecule is Cc1cc(C)c(C)c(OC(=O)C(F)(F)C(F)(F)C(F)(F)C(F)(F)C(F)(F)C(F)(F)C(F)(F)C(F)(F)F)c1. The summed E-state index contributed by atoms with van der Waals surface area (Å²) in [6.07, 6.45) is -7.84. The van der Waals surface area contributed by atoms with Crippen molar-refractivity contribution in [2.24, 2.45) is 0 Å². The Balaban J connectivity index is 3.63. The third kappa shape index (κ3) is 4.44. The minimum atomic E-state index is -8.77. The Labute approximate surface area is 194 Å². The van der Waals surface area contributed by atoms with Gasteiger partial charge in [-0.3, -0.25) is 0 Å². The quantitative estimate of drug-likeness (QED) is 0.180. The van der Waals surface area contributed by atoms with Crippen LogP contribution in [-0.2, 0) is 4.79 Å². The standard InChI is InChI=1S/C18H11F17O2/c1-6-4-7(2)8(3)9(5-6)37-10(36)11(19,20)12(21,22)13(23,24)14(25,26)15(27,28)16(29,30)17(31,32)18(33,34)35/h4-5H,1-3H3. The van der Waals surface area contributed by atoms with Gasteiger partial charge in [0.05, 0.1) is 0 Å². The highest BCUT2D eigenvalue weighted by molar-refractivity contribution is 5.82. The molecule has 0 saturated heterocycles. The lowest BCUT2D eigenvalue weighted by molar-refractivity contribution is -0.459. The molecule has 214 valence electrons. The van der Waals surface area contributed by atoms with Crippen LogP contribution in [0.25, 0.3) is 0 Å². The van der Waals surface area contributed by atoms with E-state index in [0.29, 0.717) is 6.07 Å². The van der Waals surface area contributed by atoms with Crippen LogP contribution in [0.3, 0.4) is 0 Å². The lowest BCUT2D eigenvalue weighted by atomic mass is 9.89. The molecule has 0 radical (unpaired) electrons. The zero-order valence-corrected chi connectivity index (χ0v) is 17.9. The third-order valence-electron chi connectivity index (χ3n) is 4.95. The van der Waals surface area contributed by atoms with Gasteiger partial charge < -0.3 is 4.74 Å². The van der Waals surface area contributed by atoms with E-state index in [4.69, 9.17) is 0 Å². The Morgan fingerprint density at radius 1 is 0.568 bits per heavy atom. The summed E-state index contributed by atoms with van der Waals surface area (Å²) in [7, 11) is 0. The third-order valence-corrected chi connectivity index (χ3v) is 4.95. The summed E-state index contributed by atoms with van der Waals surface area (Å²) in [4.78, 5) is 11.5. The van der Waals surface area contributed by atoms with Crippen molar-refractivity contribution < 1.29 is 84.2 Å². The Morgan fingerprint density at radius 2 is 0.919 bits per heavy atom. The zero-order valence-electron chi connectivity index (χ0n) is 17.9. The second kappa shape index (κ2) is 8.78. The van der Waals surface area contributed by atoms with E-state index in [9.17, 15) is 79.4 Å². The smallest absolute Gasteiger partial charge is 0.422 e. The number of hydrogen-bond acceptors (Lipinski definition) is 2. The van der Waals surface area contributed by atoms with Crippen LogP contribution in [0.2, 0.25) is 0 Å². The van der Waals surface area contributed by atoms with Crippen LogP contribution in [0.4, 0.5) is 74.6 Å². The van der Waals surface area contributed by atoms with E-state index in [-0.39, 0.29) is 16.7 Å². The van der Waals surface area contributed by atoms with E-state index in [1.54, 1.807) is 0 Å². The zero-order chi connectivity index (χ0) is 30.0. The molecule has 0 spiro atoms. The van der Waals surface area contributed by atoms with Gasteiger partial charge in [0, 0.05) is 0 Å². The predicted octanol–water partition coefficient (Wildman–Crippen LogP) is 7.53. The molecule has 1 aromatic carbocycles. The number of ether oxygens (including phenoxy) is 1. The second-order valence-electron chi connectivity index (χ2n) is 7.61. The number of carbonyl (C=O) groups is 1. The first-order valence-corrected chi connectivity index (χ1v) is 8.98. The van der Waals surface area contributed by atoms with Crippen molar-refractivity contribution in [2.45, 2.75) is 68.4 Å². The molecule has 1 rings (SSSR count). The Morgan fingerprint density at radius 3 is 1.30 bits per heavy atom. The fourth-order valence-electron chi connectivity index (χ4n) is 2.56. The summed E-state index contributed by atoms with van der Waals surface area (Å²) < 4.78 is 229. The van der Waals surface area contributed by atoms with Gasteiger partial charge in [-0.05, 0) is 43.5 Å². The summed E-state index contributed by atoms with van der Waals surface area (Å²) in [5.74, 6) is -63.3. The fourth-order valence-corrected chi connectivity index (χ4v) is 2.56. The van der Waals surface area contributed by atoms with Crippen molar-refractivity contribution in [2.75, 3.05) is 0 Å². The molecule has 0 saturated carbocycles. The molecule has 0 aliphatic carbocycles. The van der Waals surface area contributed by atoms with E-state index in [1.807, 2.05) is 0 Å². The van der Waals surface area contributed by atoms with Crippen molar-refractivity contribution in [3.8, 4) is 5.75 Å². The average molecular weight is 582 g/mol. The van der Waals surface area contributed by atoms with Crippen LogP contribution in [0, 0.1) is 20.8 Å². The van der Waals surface area contributed by atoms with Crippen molar-refractivity contribution in [1.82, 2.24) is 0 Å². The molecule has 0 unspecified atom stereocenters. The summed E-state index contributed by atoms with van der Waals surface area (Å²) in [6.45, 7) is 3.41. The van der Waals surface area contributed by atoms with Crippen molar-refractivity contribution >= 4 is 5.97 Å². The van der Waals surface area contributed by atoms with Crippen LogP contribution < -0.4 is 4.74 Å². The van der Waals surface area contributed by atoms with Gasteiger partial charge >= 0.3 is 53.6 Å². The van der Waals surface area contributed by atoms with E-state index in [2.05, 4.69) is 4.74 Å². The molecule has 1 aromatic rings. The molecule has 0 aromatic heterocycles. The van der Waals surface area contributed by atoms with Gasteiger partial charge in [0.15, 0.2) is 0 Å². The molecular weight excluding hydrogens is 571 g/mol. The number of esters is 1. The maximum Gasteiger partial charge on any atom is 0.460 e. The van der Waals surface area contributed by atoms with Crippen molar-refractivity contribution in [1.29, 1.82) is 0 Å². The Kier molecular flexibility index (Phi) is 7.71. The van der Waals surface area contributed by atoms with Gasteiger partial charge in [-0.15, -0.1) is 0 Å². The average Bonchev–Trinajstić information content (AvgIpc) is 2.69. The van der Waals surface area contributed by atoms with Crippen LogP contribution >= 0.6 is 0 Å². The minimum Gasteiger partial charge on any atom is -0.422 e.